The predicted molar refractivity (Wildman–Crippen MR) is 115 cm³/mol. The largest absolute Gasteiger partial charge is 0.416 e. The molecule has 2 aliphatic rings. The molecule has 0 aromatic heterocycles. The van der Waals surface area contributed by atoms with Crippen molar-refractivity contribution in [3.05, 3.63) is 70.8 Å². The number of Topliss-reactive ketones (excluding diaryl/α,β-unsaturated/α-hetero) is 1. The van der Waals surface area contributed by atoms with E-state index in [4.69, 9.17) is 0 Å². The lowest BCUT2D eigenvalue weighted by Gasteiger charge is -2.47. The highest BCUT2D eigenvalue weighted by Gasteiger charge is 2.48. The summed E-state index contributed by atoms with van der Waals surface area (Å²) in [4.78, 5) is 16.1. The van der Waals surface area contributed by atoms with E-state index in [2.05, 4.69) is 30.1 Å². The minimum Gasteiger partial charge on any atom is -0.301 e. The van der Waals surface area contributed by atoms with Crippen LogP contribution in [0.15, 0.2) is 48.5 Å². The molecule has 0 spiro atoms. The molecule has 1 unspecified atom stereocenters. The van der Waals surface area contributed by atoms with Crippen molar-refractivity contribution >= 4 is 5.78 Å². The minimum absolute atomic E-state index is 0.00195. The first-order valence-corrected chi connectivity index (χ1v) is 10.9. The van der Waals surface area contributed by atoms with Crippen LogP contribution in [0, 0.1) is 0 Å². The summed E-state index contributed by atoms with van der Waals surface area (Å²) in [5.41, 5.74) is 1.09. The second-order valence-electron chi connectivity index (χ2n) is 9.47. The van der Waals surface area contributed by atoms with Gasteiger partial charge >= 0.3 is 6.18 Å². The molecule has 1 fully saturated rings. The Kier molecular flexibility index (Phi) is 5.73. The fourth-order valence-corrected chi connectivity index (χ4v) is 4.91. The zero-order valence-corrected chi connectivity index (χ0v) is 18.1. The van der Waals surface area contributed by atoms with Crippen LogP contribution in [0.3, 0.4) is 0 Å². The molecular weight excluding hydrogens is 401 g/mol. The molecule has 2 heterocycles. The molecule has 6 heteroatoms. The van der Waals surface area contributed by atoms with Gasteiger partial charge in [0.25, 0.3) is 0 Å². The highest BCUT2D eigenvalue weighted by atomic mass is 19.4. The first-order chi connectivity index (χ1) is 14.6. The average molecular weight is 431 g/mol. The summed E-state index contributed by atoms with van der Waals surface area (Å²) in [5, 5.41) is 3.59. The number of carbonyl (C=O) groups is 1. The van der Waals surface area contributed by atoms with Crippen molar-refractivity contribution in [2.75, 3.05) is 26.2 Å². The van der Waals surface area contributed by atoms with E-state index >= 15 is 0 Å². The molecule has 31 heavy (non-hydrogen) atoms. The van der Waals surface area contributed by atoms with E-state index in [1.165, 1.54) is 12.1 Å². The molecule has 4 rings (SSSR count). The number of rotatable bonds is 5. The van der Waals surface area contributed by atoms with Crippen LogP contribution < -0.4 is 5.32 Å². The molecule has 2 aromatic carbocycles. The summed E-state index contributed by atoms with van der Waals surface area (Å²) in [6.45, 7) is 7.50. The molecule has 166 valence electrons. The van der Waals surface area contributed by atoms with E-state index < -0.39 is 17.3 Å². The maximum absolute atomic E-state index is 13.8. The third-order valence-corrected chi connectivity index (χ3v) is 6.73. The fourth-order valence-electron chi connectivity index (χ4n) is 4.91. The van der Waals surface area contributed by atoms with Gasteiger partial charge in [-0.05, 0) is 54.8 Å². The zero-order valence-electron chi connectivity index (χ0n) is 18.1. The molecule has 2 aromatic rings. The van der Waals surface area contributed by atoms with Gasteiger partial charge in [0.05, 0.1) is 5.56 Å². The van der Waals surface area contributed by atoms with Crippen LogP contribution in [0.2, 0.25) is 0 Å². The van der Waals surface area contributed by atoms with Crippen molar-refractivity contribution in [3.63, 3.8) is 0 Å². The van der Waals surface area contributed by atoms with Crippen LogP contribution in [-0.2, 0) is 28.3 Å². The SMILES string of the molecule is CC1(C)CNC(CN2CCCC2)(C(=O)Cc2ccc(C(F)(F)F)cc2)c2ccccc21. The average Bonchev–Trinajstić information content (AvgIpc) is 3.23. The van der Waals surface area contributed by atoms with E-state index in [9.17, 15) is 18.0 Å². The second-order valence-corrected chi connectivity index (χ2v) is 9.47. The lowest BCUT2D eigenvalue weighted by molar-refractivity contribution is -0.137. The Hall–Kier alpha value is -2.18. The molecular formula is C25H29F3N2O. The van der Waals surface area contributed by atoms with Gasteiger partial charge in [-0.1, -0.05) is 50.2 Å². The van der Waals surface area contributed by atoms with Crippen LogP contribution >= 0.6 is 0 Å². The van der Waals surface area contributed by atoms with E-state index in [0.29, 0.717) is 18.7 Å². The molecule has 0 bridgehead atoms. The molecule has 1 saturated heterocycles. The molecule has 2 aliphatic heterocycles. The smallest absolute Gasteiger partial charge is 0.301 e. The molecule has 0 saturated carbocycles. The fraction of sp³-hybridized carbons (Fsp3) is 0.480. The number of carbonyl (C=O) groups excluding carboxylic acids is 1. The number of ketones is 1. The van der Waals surface area contributed by atoms with Gasteiger partial charge in [-0.15, -0.1) is 0 Å². The van der Waals surface area contributed by atoms with E-state index in [1.54, 1.807) is 0 Å². The Morgan fingerprint density at radius 3 is 2.23 bits per heavy atom. The first kappa shape index (κ1) is 22.0. The third-order valence-electron chi connectivity index (χ3n) is 6.73. The highest BCUT2D eigenvalue weighted by Crippen LogP contribution is 2.40. The number of nitrogens with zero attached hydrogens (tertiary/aromatic N) is 1. The Balaban J connectivity index is 1.69. The van der Waals surface area contributed by atoms with Crippen LogP contribution in [-0.4, -0.2) is 36.9 Å². The first-order valence-electron chi connectivity index (χ1n) is 10.9. The summed E-state index contributed by atoms with van der Waals surface area (Å²) >= 11 is 0. The summed E-state index contributed by atoms with van der Waals surface area (Å²) in [6, 6.07) is 13.1. The normalized spacial score (nSPS) is 23.5. The van der Waals surface area contributed by atoms with Crippen LogP contribution in [0.25, 0.3) is 0 Å². The van der Waals surface area contributed by atoms with Crippen molar-refractivity contribution in [1.82, 2.24) is 10.2 Å². The Bertz CT molecular complexity index is 946. The van der Waals surface area contributed by atoms with Gasteiger partial charge in [-0.2, -0.15) is 13.2 Å². The number of nitrogens with one attached hydrogen (secondary N) is 1. The topological polar surface area (TPSA) is 32.3 Å². The molecule has 1 atom stereocenters. The Morgan fingerprint density at radius 2 is 1.61 bits per heavy atom. The predicted octanol–water partition coefficient (Wildman–Crippen LogP) is 4.69. The van der Waals surface area contributed by atoms with Crippen LogP contribution in [0.1, 0.15) is 48.9 Å². The summed E-state index contributed by atoms with van der Waals surface area (Å²) in [7, 11) is 0. The Morgan fingerprint density at radius 1 is 1.00 bits per heavy atom. The number of alkyl halides is 3. The van der Waals surface area contributed by atoms with E-state index in [1.807, 2.05) is 18.2 Å². The second kappa shape index (κ2) is 8.06. The maximum Gasteiger partial charge on any atom is 0.416 e. The lowest BCUT2D eigenvalue weighted by Crippen LogP contribution is -2.62. The summed E-state index contributed by atoms with van der Waals surface area (Å²) < 4.78 is 38.8. The number of fused-ring (bicyclic) bond motifs is 1. The number of benzene rings is 2. The van der Waals surface area contributed by atoms with Crippen molar-refractivity contribution < 1.29 is 18.0 Å². The summed E-state index contributed by atoms with van der Waals surface area (Å²) in [6.07, 6.45) is -2.05. The van der Waals surface area contributed by atoms with Gasteiger partial charge in [-0.25, -0.2) is 0 Å². The third kappa shape index (κ3) is 4.28. The van der Waals surface area contributed by atoms with Gasteiger partial charge in [0.2, 0.25) is 0 Å². The van der Waals surface area contributed by atoms with Gasteiger partial charge in [0.15, 0.2) is 5.78 Å². The molecule has 3 nitrogen and oxygen atoms in total. The van der Waals surface area contributed by atoms with Crippen molar-refractivity contribution in [2.45, 2.75) is 50.2 Å². The molecule has 0 radical (unpaired) electrons. The number of hydrogen-bond donors (Lipinski definition) is 1. The van der Waals surface area contributed by atoms with Gasteiger partial charge < -0.3 is 4.90 Å². The number of likely N-dealkylation sites (tertiary alicyclic amines) is 1. The number of hydrogen-bond acceptors (Lipinski definition) is 3. The summed E-state index contributed by atoms with van der Waals surface area (Å²) in [5.74, 6) is 0.00195. The van der Waals surface area contributed by atoms with E-state index in [0.717, 1.165) is 49.2 Å². The van der Waals surface area contributed by atoms with Crippen molar-refractivity contribution in [3.8, 4) is 0 Å². The molecule has 0 amide bonds. The lowest BCUT2D eigenvalue weighted by atomic mass is 9.69. The van der Waals surface area contributed by atoms with E-state index in [-0.39, 0.29) is 17.6 Å². The number of halogens is 3. The molecule has 1 N–H and O–H groups in total. The Labute approximate surface area is 181 Å². The van der Waals surface area contributed by atoms with Gasteiger partial charge in [-0.3, -0.25) is 10.1 Å². The van der Waals surface area contributed by atoms with Gasteiger partial charge in [0.1, 0.15) is 5.54 Å². The minimum atomic E-state index is -4.38. The standard InChI is InChI=1S/C25H29F3N2O/c1-23(2)16-29-24(17-30-13-5-6-14-30,21-8-4-3-7-20(21)23)22(31)15-18-9-11-19(12-10-18)25(26,27)28/h3-4,7-12,29H,5-6,13-17H2,1-2H3. The van der Waals surface area contributed by atoms with Crippen LogP contribution in [0.4, 0.5) is 13.2 Å². The zero-order chi connectivity index (χ0) is 22.3. The maximum atomic E-state index is 13.8. The van der Waals surface area contributed by atoms with Gasteiger partial charge in [0, 0.05) is 24.9 Å². The highest BCUT2D eigenvalue weighted by molar-refractivity contribution is 5.92. The van der Waals surface area contributed by atoms with Crippen molar-refractivity contribution in [2.24, 2.45) is 0 Å². The van der Waals surface area contributed by atoms with Crippen molar-refractivity contribution in [1.29, 1.82) is 0 Å². The quantitative estimate of drug-likeness (QED) is 0.747. The monoisotopic (exact) mass is 430 g/mol. The molecule has 0 aliphatic carbocycles. The van der Waals surface area contributed by atoms with Crippen LogP contribution in [0.5, 0.6) is 0 Å².